The SMILES string of the molecule is Cc1cc(C(=O)NCc2ccccc2CN2CCOCC2)on1. The molecule has 0 atom stereocenters. The third-order valence-corrected chi connectivity index (χ3v) is 3.91. The number of benzene rings is 1. The van der Waals surface area contributed by atoms with Gasteiger partial charge in [-0.25, -0.2) is 0 Å². The molecule has 122 valence electrons. The normalized spacial score (nSPS) is 15.5. The van der Waals surface area contributed by atoms with Crippen molar-refractivity contribution in [3.63, 3.8) is 0 Å². The molecule has 1 aliphatic rings. The van der Waals surface area contributed by atoms with Crippen molar-refractivity contribution < 1.29 is 14.1 Å². The molecular formula is C17H21N3O3. The summed E-state index contributed by atoms with van der Waals surface area (Å²) in [5.41, 5.74) is 3.04. The Hall–Kier alpha value is -2.18. The number of aromatic nitrogens is 1. The third-order valence-electron chi connectivity index (χ3n) is 3.91. The van der Waals surface area contributed by atoms with Gasteiger partial charge in [0, 0.05) is 32.2 Å². The lowest BCUT2D eigenvalue weighted by Crippen LogP contribution is -2.36. The molecule has 0 radical (unpaired) electrons. The zero-order valence-electron chi connectivity index (χ0n) is 13.2. The van der Waals surface area contributed by atoms with Gasteiger partial charge < -0.3 is 14.6 Å². The number of rotatable bonds is 5. The van der Waals surface area contributed by atoms with E-state index in [9.17, 15) is 4.79 Å². The minimum absolute atomic E-state index is 0.244. The average molecular weight is 315 g/mol. The molecule has 1 saturated heterocycles. The number of hydrogen-bond donors (Lipinski definition) is 1. The molecule has 0 saturated carbocycles. The minimum atomic E-state index is -0.244. The first-order valence-electron chi connectivity index (χ1n) is 7.81. The van der Waals surface area contributed by atoms with Crippen molar-refractivity contribution in [1.82, 2.24) is 15.4 Å². The number of carbonyl (C=O) groups is 1. The van der Waals surface area contributed by atoms with Crippen LogP contribution >= 0.6 is 0 Å². The highest BCUT2D eigenvalue weighted by Crippen LogP contribution is 2.13. The quantitative estimate of drug-likeness (QED) is 0.910. The zero-order valence-corrected chi connectivity index (χ0v) is 13.2. The van der Waals surface area contributed by atoms with Gasteiger partial charge in [-0.3, -0.25) is 9.69 Å². The Balaban J connectivity index is 1.62. The Labute approximate surface area is 135 Å². The molecule has 3 rings (SSSR count). The molecule has 1 aliphatic heterocycles. The monoisotopic (exact) mass is 315 g/mol. The topological polar surface area (TPSA) is 67.6 Å². The second-order valence-electron chi connectivity index (χ2n) is 5.67. The lowest BCUT2D eigenvalue weighted by Gasteiger charge is -2.27. The van der Waals surface area contributed by atoms with Gasteiger partial charge in [-0.1, -0.05) is 29.4 Å². The van der Waals surface area contributed by atoms with E-state index in [1.54, 1.807) is 13.0 Å². The number of aryl methyl sites for hydroxylation is 1. The van der Waals surface area contributed by atoms with Crippen LogP contribution in [0.2, 0.25) is 0 Å². The molecule has 23 heavy (non-hydrogen) atoms. The van der Waals surface area contributed by atoms with Gasteiger partial charge in [0.1, 0.15) is 0 Å². The molecule has 1 aromatic heterocycles. The molecule has 2 heterocycles. The highest BCUT2D eigenvalue weighted by Gasteiger charge is 2.14. The third kappa shape index (κ3) is 4.18. The number of hydrogen-bond acceptors (Lipinski definition) is 5. The summed E-state index contributed by atoms with van der Waals surface area (Å²) in [6.45, 7) is 6.58. The first-order chi connectivity index (χ1) is 11.2. The van der Waals surface area contributed by atoms with Crippen LogP contribution in [0.25, 0.3) is 0 Å². The molecule has 0 spiro atoms. The Morgan fingerprint density at radius 3 is 2.70 bits per heavy atom. The molecule has 0 aliphatic carbocycles. The Morgan fingerprint density at radius 2 is 2.00 bits per heavy atom. The summed E-state index contributed by atoms with van der Waals surface area (Å²) in [7, 11) is 0. The van der Waals surface area contributed by atoms with Crippen molar-refractivity contribution in [1.29, 1.82) is 0 Å². The molecule has 1 aromatic carbocycles. The van der Waals surface area contributed by atoms with Gasteiger partial charge in [0.2, 0.25) is 5.76 Å². The molecule has 1 fully saturated rings. The van der Waals surface area contributed by atoms with E-state index in [0.717, 1.165) is 38.4 Å². The summed E-state index contributed by atoms with van der Waals surface area (Å²) in [5.74, 6) is -0.0000593. The van der Waals surface area contributed by atoms with Crippen LogP contribution in [0.1, 0.15) is 27.4 Å². The standard InChI is InChI=1S/C17H21N3O3/c1-13-10-16(23-19-13)17(21)18-11-14-4-2-3-5-15(14)12-20-6-8-22-9-7-20/h2-5,10H,6-9,11-12H2,1H3,(H,18,21). The minimum Gasteiger partial charge on any atom is -0.379 e. The molecule has 1 N–H and O–H groups in total. The first-order valence-corrected chi connectivity index (χ1v) is 7.81. The van der Waals surface area contributed by atoms with Crippen molar-refractivity contribution in [2.45, 2.75) is 20.0 Å². The summed E-state index contributed by atoms with van der Waals surface area (Å²) >= 11 is 0. The molecule has 0 bridgehead atoms. The summed E-state index contributed by atoms with van der Waals surface area (Å²) in [6.07, 6.45) is 0. The fraction of sp³-hybridized carbons (Fsp3) is 0.412. The van der Waals surface area contributed by atoms with Gasteiger partial charge in [-0.05, 0) is 18.1 Å². The largest absolute Gasteiger partial charge is 0.379 e. The van der Waals surface area contributed by atoms with Crippen molar-refractivity contribution in [2.24, 2.45) is 0 Å². The van der Waals surface area contributed by atoms with E-state index in [1.807, 2.05) is 18.2 Å². The smallest absolute Gasteiger partial charge is 0.290 e. The maximum atomic E-state index is 12.1. The lowest BCUT2D eigenvalue weighted by molar-refractivity contribution is 0.0340. The molecular weight excluding hydrogens is 294 g/mol. The fourth-order valence-electron chi connectivity index (χ4n) is 2.62. The van der Waals surface area contributed by atoms with Gasteiger partial charge in [0.25, 0.3) is 5.91 Å². The predicted molar refractivity (Wildman–Crippen MR) is 84.9 cm³/mol. The maximum absolute atomic E-state index is 12.1. The van der Waals surface area contributed by atoms with Gasteiger partial charge in [0.15, 0.2) is 0 Å². The van der Waals surface area contributed by atoms with Gasteiger partial charge in [-0.2, -0.15) is 0 Å². The lowest BCUT2D eigenvalue weighted by atomic mass is 10.1. The van der Waals surface area contributed by atoms with E-state index < -0.39 is 0 Å². The Bertz CT molecular complexity index is 663. The van der Waals surface area contributed by atoms with Crippen LogP contribution in [0, 0.1) is 6.92 Å². The van der Waals surface area contributed by atoms with Crippen LogP contribution in [0.5, 0.6) is 0 Å². The van der Waals surface area contributed by atoms with Crippen molar-refractivity contribution in [2.75, 3.05) is 26.3 Å². The molecule has 2 aromatic rings. The van der Waals surface area contributed by atoms with E-state index >= 15 is 0 Å². The van der Waals surface area contributed by atoms with Crippen LogP contribution in [0.3, 0.4) is 0 Å². The molecule has 6 nitrogen and oxygen atoms in total. The van der Waals surface area contributed by atoms with E-state index in [-0.39, 0.29) is 11.7 Å². The number of nitrogens with zero attached hydrogens (tertiary/aromatic N) is 2. The molecule has 0 unspecified atom stereocenters. The van der Waals surface area contributed by atoms with Gasteiger partial charge in [0.05, 0.1) is 18.9 Å². The number of morpholine rings is 1. The van der Waals surface area contributed by atoms with Crippen LogP contribution in [0.15, 0.2) is 34.9 Å². The number of ether oxygens (including phenoxy) is 1. The summed E-state index contributed by atoms with van der Waals surface area (Å²) in [5, 5.41) is 6.62. The maximum Gasteiger partial charge on any atom is 0.290 e. The van der Waals surface area contributed by atoms with Crippen LogP contribution in [0.4, 0.5) is 0 Å². The summed E-state index contributed by atoms with van der Waals surface area (Å²) < 4.78 is 10.4. The Kier molecular flexibility index (Phi) is 5.05. The molecule has 6 heteroatoms. The zero-order chi connectivity index (χ0) is 16.1. The van der Waals surface area contributed by atoms with Gasteiger partial charge in [-0.15, -0.1) is 0 Å². The second kappa shape index (κ2) is 7.39. The summed E-state index contributed by atoms with van der Waals surface area (Å²) in [4.78, 5) is 14.4. The van der Waals surface area contributed by atoms with Crippen LogP contribution < -0.4 is 5.32 Å². The van der Waals surface area contributed by atoms with Crippen LogP contribution in [-0.4, -0.2) is 42.3 Å². The molecule has 1 amide bonds. The Morgan fingerprint density at radius 1 is 1.26 bits per heavy atom. The van der Waals surface area contributed by atoms with Crippen molar-refractivity contribution in [3.8, 4) is 0 Å². The van der Waals surface area contributed by atoms with Crippen molar-refractivity contribution >= 4 is 5.91 Å². The second-order valence-corrected chi connectivity index (χ2v) is 5.67. The van der Waals surface area contributed by atoms with Gasteiger partial charge >= 0.3 is 0 Å². The highest BCUT2D eigenvalue weighted by molar-refractivity contribution is 5.91. The summed E-state index contributed by atoms with van der Waals surface area (Å²) in [6, 6.07) is 9.80. The average Bonchev–Trinajstić information content (AvgIpc) is 3.01. The van der Waals surface area contributed by atoms with Crippen molar-refractivity contribution in [3.05, 3.63) is 52.9 Å². The van der Waals surface area contributed by atoms with E-state index in [0.29, 0.717) is 12.2 Å². The number of carbonyl (C=O) groups excluding carboxylic acids is 1. The van der Waals surface area contributed by atoms with E-state index in [1.165, 1.54) is 5.56 Å². The first kappa shape index (κ1) is 15.7. The highest BCUT2D eigenvalue weighted by atomic mass is 16.5. The fourth-order valence-corrected chi connectivity index (χ4v) is 2.62. The number of amides is 1. The van der Waals surface area contributed by atoms with Crippen LogP contribution in [-0.2, 0) is 17.8 Å². The number of nitrogens with one attached hydrogen (secondary N) is 1. The predicted octanol–water partition coefficient (Wildman–Crippen LogP) is 1.75. The van der Waals surface area contributed by atoms with E-state index in [2.05, 4.69) is 21.4 Å². The van der Waals surface area contributed by atoms with E-state index in [4.69, 9.17) is 9.26 Å².